The fraction of sp³-hybridized carbons (Fsp3) is 0.212. The summed E-state index contributed by atoms with van der Waals surface area (Å²) in [5.74, 6) is -0.524. The van der Waals surface area contributed by atoms with Gasteiger partial charge < -0.3 is 19.4 Å². The predicted octanol–water partition coefficient (Wildman–Crippen LogP) is 6.15. The van der Waals surface area contributed by atoms with Crippen molar-refractivity contribution >= 4 is 11.9 Å². The second kappa shape index (κ2) is 12.9. The van der Waals surface area contributed by atoms with Gasteiger partial charge >= 0.3 is 12.1 Å². The third kappa shape index (κ3) is 6.98. The number of carbonyl (C=O) groups is 2. The van der Waals surface area contributed by atoms with Crippen molar-refractivity contribution in [2.45, 2.75) is 39.5 Å². The van der Waals surface area contributed by atoms with Crippen molar-refractivity contribution in [3.05, 3.63) is 117 Å². The number of aryl methyl sites for hydroxylation is 2. The average molecular weight is 604 g/mol. The lowest BCUT2D eigenvalue weighted by Gasteiger charge is -2.19. The van der Waals surface area contributed by atoms with E-state index < -0.39 is 40.8 Å². The van der Waals surface area contributed by atoms with Crippen LogP contribution in [0.15, 0.2) is 77.6 Å². The highest BCUT2D eigenvalue weighted by atomic mass is 19.4. The average Bonchev–Trinajstić information content (AvgIpc) is 2.98. The Balaban J connectivity index is 1.69. The van der Waals surface area contributed by atoms with Crippen molar-refractivity contribution < 1.29 is 32.2 Å². The SMILES string of the molecule is COC(=O)[C@H](C)NC(=O)c1cccc(Oc2ccc(-c3cc(C(F)(F)F)c(C#N)c(=O)n3Cc3ccc(C)cc3C)cc2)c1. The molecule has 3 aromatic carbocycles. The summed E-state index contributed by atoms with van der Waals surface area (Å²) in [6.45, 7) is 5.18. The molecule has 0 spiro atoms. The number of pyridine rings is 1. The molecular formula is C33H28F3N3O5. The first-order chi connectivity index (χ1) is 20.8. The smallest absolute Gasteiger partial charge is 0.417 e. The fourth-order valence-electron chi connectivity index (χ4n) is 4.61. The van der Waals surface area contributed by atoms with E-state index in [1.54, 1.807) is 18.2 Å². The number of nitrogens with one attached hydrogen (secondary N) is 1. The molecule has 1 atom stereocenters. The predicted molar refractivity (Wildman–Crippen MR) is 156 cm³/mol. The Morgan fingerprint density at radius 2 is 1.70 bits per heavy atom. The van der Waals surface area contributed by atoms with Crippen LogP contribution in [-0.2, 0) is 22.3 Å². The van der Waals surface area contributed by atoms with Gasteiger partial charge in [0, 0.05) is 5.56 Å². The van der Waals surface area contributed by atoms with Crippen molar-refractivity contribution in [3.8, 4) is 28.8 Å². The maximum atomic E-state index is 13.9. The molecule has 0 radical (unpaired) electrons. The maximum absolute atomic E-state index is 13.9. The van der Waals surface area contributed by atoms with Gasteiger partial charge in [-0.2, -0.15) is 18.4 Å². The number of rotatable bonds is 8. The Kier molecular flexibility index (Phi) is 9.23. The summed E-state index contributed by atoms with van der Waals surface area (Å²) in [5, 5.41) is 12.0. The van der Waals surface area contributed by atoms with E-state index >= 15 is 0 Å². The zero-order chi connectivity index (χ0) is 32.2. The zero-order valence-electron chi connectivity index (χ0n) is 24.3. The van der Waals surface area contributed by atoms with Crippen LogP contribution in [0.3, 0.4) is 0 Å². The molecule has 44 heavy (non-hydrogen) atoms. The van der Waals surface area contributed by atoms with Crippen LogP contribution in [0.2, 0.25) is 0 Å². The van der Waals surface area contributed by atoms with Gasteiger partial charge in [-0.1, -0.05) is 29.8 Å². The fourth-order valence-corrected chi connectivity index (χ4v) is 4.61. The lowest BCUT2D eigenvalue weighted by atomic mass is 10.0. The molecule has 11 heteroatoms. The van der Waals surface area contributed by atoms with Crippen LogP contribution in [-0.4, -0.2) is 29.6 Å². The Morgan fingerprint density at radius 1 is 1.00 bits per heavy atom. The van der Waals surface area contributed by atoms with E-state index in [0.29, 0.717) is 22.6 Å². The number of hydrogen-bond donors (Lipinski definition) is 1. The van der Waals surface area contributed by atoms with Gasteiger partial charge in [-0.15, -0.1) is 0 Å². The number of esters is 1. The van der Waals surface area contributed by atoms with Gasteiger partial charge in [0.2, 0.25) is 0 Å². The van der Waals surface area contributed by atoms with Crippen LogP contribution in [0.4, 0.5) is 13.2 Å². The number of benzene rings is 3. The second-order valence-electron chi connectivity index (χ2n) is 10.1. The van der Waals surface area contributed by atoms with Crippen molar-refractivity contribution in [2.24, 2.45) is 0 Å². The number of nitrogens with zero attached hydrogens (tertiary/aromatic N) is 2. The zero-order valence-corrected chi connectivity index (χ0v) is 24.3. The molecule has 1 N–H and O–H groups in total. The highest BCUT2D eigenvalue weighted by Crippen LogP contribution is 2.34. The lowest BCUT2D eigenvalue weighted by molar-refractivity contribution is -0.142. The van der Waals surface area contributed by atoms with Crippen molar-refractivity contribution in [2.75, 3.05) is 7.11 Å². The third-order valence-corrected chi connectivity index (χ3v) is 6.93. The van der Waals surface area contributed by atoms with E-state index in [2.05, 4.69) is 10.1 Å². The minimum atomic E-state index is -4.92. The highest BCUT2D eigenvalue weighted by Gasteiger charge is 2.36. The summed E-state index contributed by atoms with van der Waals surface area (Å²) in [7, 11) is 1.21. The molecule has 1 amide bonds. The lowest BCUT2D eigenvalue weighted by Crippen LogP contribution is -2.39. The second-order valence-corrected chi connectivity index (χ2v) is 10.1. The molecule has 1 heterocycles. The van der Waals surface area contributed by atoms with Crippen molar-refractivity contribution in [1.29, 1.82) is 5.26 Å². The molecule has 0 aliphatic heterocycles. The van der Waals surface area contributed by atoms with Gasteiger partial charge in [0.15, 0.2) is 0 Å². The van der Waals surface area contributed by atoms with Crippen LogP contribution in [0.1, 0.15) is 45.1 Å². The number of halogens is 3. The number of ether oxygens (including phenoxy) is 2. The van der Waals surface area contributed by atoms with E-state index in [1.807, 2.05) is 26.0 Å². The Bertz CT molecular complexity index is 1820. The molecule has 8 nitrogen and oxygen atoms in total. The topological polar surface area (TPSA) is 110 Å². The first-order valence-corrected chi connectivity index (χ1v) is 13.4. The summed E-state index contributed by atoms with van der Waals surface area (Å²) in [6, 6.07) is 19.2. The molecule has 0 unspecified atom stereocenters. The highest BCUT2D eigenvalue weighted by molar-refractivity contribution is 5.97. The molecule has 4 rings (SSSR count). The summed E-state index contributed by atoms with van der Waals surface area (Å²) >= 11 is 0. The molecular weight excluding hydrogens is 575 g/mol. The summed E-state index contributed by atoms with van der Waals surface area (Å²) in [6.07, 6.45) is -4.92. The Morgan fingerprint density at radius 3 is 2.32 bits per heavy atom. The normalized spacial score (nSPS) is 11.8. The van der Waals surface area contributed by atoms with E-state index in [-0.39, 0.29) is 17.8 Å². The molecule has 4 aromatic rings. The molecule has 0 aliphatic carbocycles. The van der Waals surface area contributed by atoms with Gasteiger partial charge in [0.1, 0.15) is 29.2 Å². The molecule has 0 fully saturated rings. The van der Waals surface area contributed by atoms with Crippen LogP contribution < -0.4 is 15.6 Å². The van der Waals surface area contributed by atoms with E-state index in [9.17, 15) is 32.8 Å². The number of methoxy groups -OCH3 is 1. The van der Waals surface area contributed by atoms with Crippen LogP contribution in [0, 0.1) is 25.2 Å². The number of aromatic nitrogens is 1. The molecule has 0 saturated carbocycles. The van der Waals surface area contributed by atoms with Gasteiger partial charge in [0.05, 0.1) is 24.9 Å². The monoisotopic (exact) mass is 603 g/mol. The molecule has 1 aromatic heterocycles. The summed E-state index contributed by atoms with van der Waals surface area (Å²) in [4.78, 5) is 37.5. The largest absolute Gasteiger partial charge is 0.467 e. The van der Waals surface area contributed by atoms with Gasteiger partial charge in [0.25, 0.3) is 11.5 Å². The maximum Gasteiger partial charge on any atom is 0.417 e. The number of nitriles is 1. The Labute approximate surface area is 251 Å². The minimum absolute atomic E-state index is 0.0220. The van der Waals surface area contributed by atoms with Crippen LogP contribution in [0.25, 0.3) is 11.3 Å². The minimum Gasteiger partial charge on any atom is -0.467 e. The van der Waals surface area contributed by atoms with E-state index in [1.165, 1.54) is 61.1 Å². The third-order valence-electron chi connectivity index (χ3n) is 6.93. The molecule has 0 saturated heterocycles. The van der Waals surface area contributed by atoms with Gasteiger partial charge in [-0.3, -0.25) is 9.59 Å². The van der Waals surface area contributed by atoms with Crippen LogP contribution >= 0.6 is 0 Å². The van der Waals surface area contributed by atoms with E-state index in [0.717, 1.165) is 17.2 Å². The number of hydrogen-bond acceptors (Lipinski definition) is 6. The van der Waals surface area contributed by atoms with Crippen molar-refractivity contribution in [3.63, 3.8) is 0 Å². The molecule has 226 valence electrons. The van der Waals surface area contributed by atoms with Gasteiger partial charge in [-0.05, 0) is 86.0 Å². The van der Waals surface area contributed by atoms with Gasteiger partial charge in [-0.25, -0.2) is 4.79 Å². The van der Waals surface area contributed by atoms with E-state index in [4.69, 9.17) is 4.74 Å². The molecule has 0 aliphatic rings. The number of alkyl halides is 3. The van der Waals surface area contributed by atoms with Crippen LogP contribution in [0.5, 0.6) is 11.5 Å². The quantitative estimate of drug-likeness (QED) is 0.242. The molecule has 0 bridgehead atoms. The first kappa shape index (κ1) is 31.6. The first-order valence-electron chi connectivity index (χ1n) is 13.4. The summed E-state index contributed by atoms with van der Waals surface area (Å²) in [5.41, 5.74) is -0.290. The number of amides is 1. The summed E-state index contributed by atoms with van der Waals surface area (Å²) < 4.78 is 53.4. The number of carbonyl (C=O) groups excluding carboxylic acids is 2. The Hall–Kier alpha value is -5.37. The standard InChI is InChI=1S/C33H28F3N3O5/c1-19-8-9-24(20(2)14-19)18-39-29(16-28(33(34,35)36)27(17-37)31(39)41)22-10-12-25(13-11-22)44-26-7-5-6-23(15-26)30(40)38-21(3)32(42)43-4/h5-16,21H,18H2,1-4H3,(H,38,40)/t21-/m0/s1. The van der Waals surface area contributed by atoms with Crippen molar-refractivity contribution in [1.82, 2.24) is 9.88 Å².